The second kappa shape index (κ2) is 5.26. The molecular weight excluding hydrogens is 242 g/mol. The van der Waals surface area contributed by atoms with E-state index in [4.69, 9.17) is 4.74 Å². The molecule has 1 N–H and O–H groups in total. The van der Waals surface area contributed by atoms with Gasteiger partial charge in [0.05, 0.1) is 11.7 Å². The number of aryl methyl sites for hydroxylation is 1. The minimum Gasteiger partial charge on any atom is -0.459 e. The summed E-state index contributed by atoms with van der Waals surface area (Å²) in [4.78, 5) is 26.4. The van der Waals surface area contributed by atoms with Crippen molar-refractivity contribution in [3.63, 3.8) is 0 Å². The second-order valence-corrected chi connectivity index (χ2v) is 4.72. The van der Waals surface area contributed by atoms with Crippen LogP contribution in [-0.4, -0.2) is 17.1 Å². The van der Waals surface area contributed by atoms with Gasteiger partial charge in [0.1, 0.15) is 0 Å². The summed E-state index contributed by atoms with van der Waals surface area (Å²) in [6, 6.07) is 6.86. The van der Waals surface area contributed by atoms with Gasteiger partial charge in [-0.15, -0.1) is 0 Å². The average Bonchev–Trinajstić information content (AvgIpc) is 2.38. The molecule has 4 heteroatoms. The second-order valence-electron chi connectivity index (χ2n) is 4.72. The van der Waals surface area contributed by atoms with Gasteiger partial charge >= 0.3 is 5.97 Å². The molecular formula is C15H17NO3. The highest BCUT2D eigenvalue weighted by atomic mass is 16.5. The van der Waals surface area contributed by atoms with Crippen molar-refractivity contribution in [3.8, 4) is 0 Å². The van der Waals surface area contributed by atoms with Crippen molar-refractivity contribution < 1.29 is 9.53 Å². The fourth-order valence-electron chi connectivity index (χ4n) is 1.87. The summed E-state index contributed by atoms with van der Waals surface area (Å²) in [6.07, 6.45) is 0.581. The van der Waals surface area contributed by atoms with Crippen LogP contribution >= 0.6 is 0 Å². The van der Waals surface area contributed by atoms with Crippen LogP contribution in [-0.2, 0) is 4.74 Å². The van der Waals surface area contributed by atoms with Crippen LogP contribution in [0.3, 0.4) is 0 Å². The number of H-pyrrole nitrogens is 1. The Balaban J connectivity index is 2.55. The topological polar surface area (TPSA) is 59.2 Å². The van der Waals surface area contributed by atoms with Crippen molar-refractivity contribution in [3.05, 3.63) is 45.7 Å². The van der Waals surface area contributed by atoms with E-state index < -0.39 is 5.97 Å². The molecule has 0 aliphatic rings. The van der Waals surface area contributed by atoms with Crippen molar-refractivity contribution in [1.82, 2.24) is 4.98 Å². The summed E-state index contributed by atoms with van der Waals surface area (Å²) in [7, 11) is 0. The van der Waals surface area contributed by atoms with Gasteiger partial charge < -0.3 is 9.72 Å². The third-order valence-corrected chi connectivity index (χ3v) is 3.10. The first-order valence-electron chi connectivity index (χ1n) is 6.36. The summed E-state index contributed by atoms with van der Waals surface area (Å²) in [5.74, 6) is -0.448. The fourth-order valence-corrected chi connectivity index (χ4v) is 1.87. The highest BCUT2D eigenvalue weighted by Crippen LogP contribution is 2.18. The number of ether oxygens (including phenoxy) is 1. The van der Waals surface area contributed by atoms with Gasteiger partial charge in [-0.1, -0.05) is 18.6 Å². The number of carbonyl (C=O) groups is 1. The quantitative estimate of drug-likeness (QED) is 0.862. The van der Waals surface area contributed by atoms with E-state index in [0.717, 1.165) is 12.0 Å². The molecule has 1 atom stereocenters. The van der Waals surface area contributed by atoms with Crippen molar-refractivity contribution >= 4 is 16.9 Å². The SMILES string of the molecule is CC[C@H](C)OC(=O)c1cc(=O)[nH]c2ccc(C)cc12. The van der Waals surface area contributed by atoms with Crippen LogP contribution in [0, 0.1) is 6.92 Å². The molecule has 4 nitrogen and oxygen atoms in total. The first-order valence-corrected chi connectivity index (χ1v) is 6.36. The Morgan fingerprint density at radius 1 is 1.37 bits per heavy atom. The molecule has 0 unspecified atom stereocenters. The maximum Gasteiger partial charge on any atom is 0.339 e. The standard InChI is InChI=1S/C15H17NO3/c1-4-10(3)19-15(18)12-8-14(17)16-13-6-5-9(2)7-11(12)13/h5-8,10H,4H2,1-3H3,(H,16,17)/t10-/m0/s1. The largest absolute Gasteiger partial charge is 0.459 e. The van der Waals surface area contributed by atoms with Crippen LogP contribution < -0.4 is 5.56 Å². The number of aromatic amines is 1. The molecule has 1 aromatic carbocycles. The molecule has 0 bridgehead atoms. The number of hydrogen-bond acceptors (Lipinski definition) is 3. The molecule has 2 aromatic rings. The lowest BCUT2D eigenvalue weighted by Crippen LogP contribution is -2.17. The zero-order valence-corrected chi connectivity index (χ0v) is 11.3. The van der Waals surface area contributed by atoms with E-state index >= 15 is 0 Å². The van der Waals surface area contributed by atoms with E-state index in [9.17, 15) is 9.59 Å². The predicted molar refractivity (Wildman–Crippen MR) is 74.5 cm³/mol. The summed E-state index contributed by atoms with van der Waals surface area (Å²) < 4.78 is 5.30. The minimum absolute atomic E-state index is 0.161. The van der Waals surface area contributed by atoms with Crippen LogP contribution in [0.4, 0.5) is 0 Å². The molecule has 19 heavy (non-hydrogen) atoms. The molecule has 2 rings (SSSR count). The average molecular weight is 259 g/mol. The summed E-state index contributed by atoms with van der Waals surface area (Å²) in [5, 5.41) is 0.716. The number of fused-ring (bicyclic) bond motifs is 1. The predicted octanol–water partition coefficient (Wildman–Crippen LogP) is 2.79. The molecule has 0 saturated carbocycles. The summed E-state index contributed by atoms with van der Waals surface area (Å²) in [6.45, 7) is 5.71. The zero-order valence-electron chi connectivity index (χ0n) is 11.3. The van der Waals surface area contributed by atoms with Gasteiger partial charge in [-0.2, -0.15) is 0 Å². The molecule has 100 valence electrons. The molecule has 0 amide bonds. The van der Waals surface area contributed by atoms with Gasteiger partial charge in [-0.3, -0.25) is 4.79 Å². The lowest BCUT2D eigenvalue weighted by atomic mass is 10.1. The number of esters is 1. The first-order chi connectivity index (χ1) is 9.01. The van der Waals surface area contributed by atoms with Gasteiger partial charge in [-0.05, 0) is 32.4 Å². The van der Waals surface area contributed by atoms with Crippen LogP contribution in [0.25, 0.3) is 10.9 Å². The van der Waals surface area contributed by atoms with E-state index in [2.05, 4.69) is 4.98 Å². The van der Waals surface area contributed by atoms with E-state index in [-0.39, 0.29) is 11.7 Å². The number of carbonyl (C=O) groups excluding carboxylic acids is 1. The number of pyridine rings is 1. The smallest absolute Gasteiger partial charge is 0.339 e. The molecule has 0 aliphatic carbocycles. The minimum atomic E-state index is -0.448. The zero-order chi connectivity index (χ0) is 14.0. The Morgan fingerprint density at radius 3 is 2.79 bits per heavy atom. The third-order valence-electron chi connectivity index (χ3n) is 3.10. The molecule has 1 aromatic heterocycles. The third kappa shape index (κ3) is 2.84. The van der Waals surface area contributed by atoms with Crippen molar-refractivity contribution in [2.75, 3.05) is 0 Å². The Hall–Kier alpha value is -2.10. The molecule has 1 heterocycles. The van der Waals surface area contributed by atoms with Crippen LogP contribution in [0.5, 0.6) is 0 Å². The number of nitrogens with one attached hydrogen (secondary N) is 1. The van der Waals surface area contributed by atoms with E-state index in [1.165, 1.54) is 6.07 Å². The Kier molecular flexibility index (Phi) is 3.69. The normalized spacial score (nSPS) is 12.4. The summed E-state index contributed by atoms with van der Waals surface area (Å²) >= 11 is 0. The molecule has 0 fully saturated rings. The maximum absolute atomic E-state index is 12.1. The molecule has 0 saturated heterocycles. The Bertz CT molecular complexity index is 673. The highest BCUT2D eigenvalue weighted by Gasteiger charge is 2.15. The van der Waals surface area contributed by atoms with E-state index in [1.54, 1.807) is 6.07 Å². The lowest BCUT2D eigenvalue weighted by Gasteiger charge is -2.12. The van der Waals surface area contributed by atoms with Crippen LogP contribution in [0.1, 0.15) is 36.2 Å². The van der Waals surface area contributed by atoms with Crippen LogP contribution in [0.2, 0.25) is 0 Å². The van der Waals surface area contributed by atoms with Crippen LogP contribution in [0.15, 0.2) is 29.1 Å². The Morgan fingerprint density at radius 2 is 2.11 bits per heavy atom. The van der Waals surface area contributed by atoms with Gasteiger partial charge in [0.15, 0.2) is 0 Å². The molecule has 0 spiro atoms. The van der Waals surface area contributed by atoms with Crippen molar-refractivity contribution in [2.24, 2.45) is 0 Å². The number of benzene rings is 1. The van der Waals surface area contributed by atoms with Crippen molar-refractivity contribution in [1.29, 1.82) is 0 Å². The van der Waals surface area contributed by atoms with Gasteiger partial charge in [0.25, 0.3) is 0 Å². The first kappa shape index (κ1) is 13.3. The van der Waals surface area contributed by atoms with Gasteiger partial charge in [0.2, 0.25) is 5.56 Å². The number of rotatable bonds is 3. The highest BCUT2D eigenvalue weighted by molar-refractivity contribution is 6.03. The maximum atomic E-state index is 12.1. The van der Waals surface area contributed by atoms with E-state index in [0.29, 0.717) is 16.5 Å². The number of aromatic nitrogens is 1. The van der Waals surface area contributed by atoms with E-state index in [1.807, 2.05) is 32.9 Å². The van der Waals surface area contributed by atoms with Crippen molar-refractivity contribution in [2.45, 2.75) is 33.3 Å². The molecule has 0 aliphatic heterocycles. The number of hydrogen-bond donors (Lipinski definition) is 1. The fraction of sp³-hybridized carbons (Fsp3) is 0.333. The van der Waals surface area contributed by atoms with Gasteiger partial charge in [-0.25, -0.2) is 4.79 Å². The summed E-state index contributed by atoms with van der Waals surface area (Å²) in [5.41, 5.74) is 1.70. The lowest BCUT2D eigenvalue weighted by molar-refractivity contribution is 0.0336. The molecule has 0 radical (unpaired) electrons. The monoisotopic (exact) mass is 259 g/mol. The van der Waals surface area contributed by atoms with Gasteiger partial charge in [0, 0.05) is 17.0 Å². The Labute approximate surface area is 111 Å².